The number of rotatable bonds is 63. The molecule has 0 aromatic heterocycles. The molecule has 0 aromatic rings. The van der Waals surface area contributed by atoms with Gasteiger partial charge < -0.3 is 14.6 Å². The predicted molar refractivity (Wildman–Crippen MR) is 321 cm³/mol. The molecule has 0 aromatic carbocycles. The first-order valence-electron chi connectivity index (χ1n) is 33.4. The van der Waals surface area contributed by atoms with Gasteiger partial charge in [0.2, 0.25) is 0 Å². The highest BCUT2D eigenvalue weighted by molar-refractivity contribution is 5.70. The summed E-state index contributed by atoms with van der Waals surface area (Å²) < 4.78 is 10.8. The normalized spacial score (nSPS) is 12.2. The van der Waals surface area contributed by atoms with Crippen LogP contribution in [0.1, 0.15) is 380 Å². The Hall–Kier alpha value is -1.62. The lowest BCUT2D eigenvalue weighted by atomic mass is 10.0. The SMILES string of the molecule is CCCCCCC/C=C\C/C=C\CCCCCCCCCCCCCCCCCC(=O)OC(CO)COC(=O)CCCCCCCCCCCCCCCCCCCCCCCCCCCCCCCCCC. The van der Waals surface area contributed by atoms with Crippen LogP contribution in [0.3, 0.4) is 0 Å². The van der Waals surface area contributed by atoms with Gasteiger partial charge in [0.25, 0.3) is 0 Å². The molecule has 5 nitrogen and oxygen atoms in total. The quantitative estimate of drug-likeness (QED) is 0.0373. The van der Waals surface area contributed by atoms with E-state index in [0.29, 0.717) is 12.8 Å². The largest absolute Gasteiger partial charge is 0.462 e. The van der Waals surface area contributed by atoms with E-state index in [0.717, 1.165) is 38.5 Å². The first-order valence-corrected chi connectivity index (χ1v) is 33.4. The van der Waals surface area contributed by atoms with E-state index in [1.807, 2.05) is 0 Å². The number of esters is 2. The summed E-state index contributed by atoms with van der Waals surface area (Å²) in [5.41, 5.74) is 0. The fourth-order valence-electron chi connectivity index (χ4n) is 10.5. The van der Waals surface area contributed by atoms with Gasteiger partial charge in [-0.3, -0.25) is 9.59 Å². The highest BCUT2D eigenvalue weighted by Gasteiger charge is 2.16. The van der Waals surface area contributed by atoms with Crippen LogP contribution < -0.4 is 0 Å². The summed E-state index contributed by atoms with van der Waals surface area (Å²) in [5.74, 6) is -0.566. The maximum atomic E-state index is 12.3. The minimum absolute atomic E-state index is 0.0588. The van der Waals surface area contributed by atoms with Crippen LogP contribution in [0, 0.1) is 0 Å². The summed E-state index contributed by atoms with van der Waals surface area (Å²) >= 11 is 0. The van der Waals surface area contributed by atoms with Gasteiger partial charge in [0, 0.05) is 12.8 Å². The zero-order valence-electron chi connectivity index (χ0n) is 49.7. The Labute approximate surface area is 457 Å². The van der Waals surface area contributed by atoms with Crippen LogP contribution in [-0.2, 0) is 19.1 Å². The second-order valence-corrected chi connectivity index (χ2v) is 22.9. The molecular formula is C68H130O5. The molecule has 0 saturated heterocycles. The minimum Gasteiger partial charge on any atom is -0.462 e. The van der Waals surface area contributed by atoms with Crippen LogP contribution in [0.25, 0.3) is 0 Å². The van der Waals surface area contributed by atoms with E-state index in [9.17, 15) is 14.7 Å². The second-order valence-electron chi connectivity index (χ2n) is 22.9. The molecule has 0 aliphatic heterocycles. The number of ether oxygens (including phenoxy) is 2. The number of unbranched alkanes of at least 4 members (excludes halogenated alkanes) is 51. The van der Waals surface area contributed by atoms with Crippen LogP contribution in [0.4, 0.5) is 0 Å². The number of aliphatic hydroxyl groups excluding tert-OH is 1. The Balaban J connectivity index is 3.38. The third-order valence-corrected chi connectivity index (χ3v) is 15.5. The van der Waals surface area contributed by atoms with E-state index in [1.54, 1.807) is 0 Å². The van der Waals surface area contributed by atoms with Gasteiger partial charge in [-0.1, -0.05) is 346 Å². The third kappa shape index (κ3) is 62.8. The predicted octanol–water partition coefficient (Wildman–Crippen LogP) is 22.8. The van der Waals surface area contributed by atoms with Gasteiger partial charge in [0.05, 0.1) is 6.61 Å². The summed E-state index contributed by atoms with van der Waals surface area (Å²) in [6.45, 7) is 4.20. The summed E-state index contributed by atoms with van der Waals surface area (Å²) in [5, 5.41) is 9.69. The number of hydrogen-bond acceptors (Lipinski definition) is 5. The highest BCUT2D eigenvalue weighted by atomic mass is 16.6. The molecule has 0 spiro atoms. The molecule has 0 aliphatic rings. The molecule has 0 fully saturated rings. The fourth-order valence-corrected chi connectivity index (χ4v) is 10.5. The van der Waals surface area contributed by atoms with Crippen LogP contribution >= 0.6 is 0 Å². The van der Waals surface area contributed by atoms with Gasteiger partial charge in [-0.2, -0.15) is 0 Å². The Bertz CT molecular complexity index is 1120. The molecule has 0 heterocycles. The minimum atomic E-state index is -0.769. The Morgan fingerprint density at radius 1 is 0.315 bits per heavy atom. The van der Waals surface area contributed by atoms with Crippen LogP contribution in [-0.4, -0.2) is 36.4 Å². The molecule has 0 bridgehead atoms. The second kappa shape index (κ2) is 64.7. The molecular weight excluding hydrogens is 897 g/mol. The standard InChI is InChI=1S/C68H130O5/c1-3-5-7-9-11-13-15-17-19-21-23-25-27-29-31-32-33-34-35-37-38-40-42-44-46-48-50-52-54-56-58-60-62-67(70)72-65-66(64-69)73-68(71)63-61-59-57-55-53-51-49-47-45-43-41-39-36-30-28-26-24-22-20-18-16-14-12-10-8-6-4-2/h16,18,22,24,66,69H,3-15,17,19-21,23,25-65H2,1-2H3/b18-16-,24-22-. The number of carbonyl (C=O) groups is 2. The Morgan fingerprint density at radius 3 is 0.808 bits per heavy atom. The zero-order valence-corrected chi connectivity index (χ0v) is 49.7. The van der Waals surface area contributed by atoms with E-state index >= 15 is 0 Å². The fraction of sp³-hybridized carbons (Fsp3) is 0.912. The van der Waals surface area contributed by atoms with Gasteiger partial charge >= 0.3 is 11.9 Å². The van der Waals surface area contributed by atoms with Crippen molar-refractivity contribution in [3.63, 3.8) is 0 Å². The van der Waals surface area contributed by atoms with Crippen LogP contribution in [0.5, 0.6) is 0 Å². The molecule has 73 heavy (non-hydrogen) atoms. The molecule has 0 amide bonds. The third-order valence-electron chi connectivity index (χ3n) is 15.5. The van der Waals surface area contributed by atoms with Gasteiger partial charge in [0.1, 0.15) is 6.61 Å². The van der Waals surface area contributed by atoms with Crippen molar-refractivity contribution in [2.24, 2.45) is 0 Å². The summed E-state index contributed by atoms with van der Waals surface area (Å²) in [4.78, 5) is 24.6. The van der Waals surface area contributed by atoms with Crippen molar-refractivity contribution in [1.82, 2.24) is 0 Å². The average Bonchev–Trinajstić information content (AvgIpc) is 3.39. The van der Waals surface area contributed by atoms with Crippen molar-refractivity contribution in [3.05, 3.63) is 24.3 Å². The Morgan fingerprint density at radius 2 is 0.548 bits per heavy atom. The molecule has 0 rings (SSSR count). The van der Waals surface area contributed by atoms with Gasteiger partial charge in [-0.15, -0.1) is 0 Å². The molecule has 0 saturated carbocycles. The van der Waals surface area contributed by atoms with E-state index in [4.69, 9.17) is 9.47 Å². The zero-order chi connectivity index (χ0) is 52.7. The van der Waals surface area contributed by atoms with Crippen molar-refractivity contribution in [2.45, 2.75) is 386 Å². The lowest BCUT2D eigenvalue weighted by Gasteiger charge is -2.15. The first kappa shape index (κ1) is 71.4. The molecule has 0 radical (unpaired) electrons. The molecule has 0 aliphatic carbocycles. The van der Waals surface area contributed by atoms with Crippen molar-refractivity contribution < 1.29 is 24.2 Å². The van der Waals surface area contributed by atoms with Crippen molar-refractivity contribution in [1.29, 1.82) is 0 Å². The highest BCUT2D eigenvalue weighted by Crippen LogP contribution is 2.19. The summed E-state index contributed by atoms with van der Waals surface area (Å²) in [6, 6.07) is 0. The maximum Gasteiger partial charge on any atom is 0.306 e. The smallest absolute Gasteiger partial charge is 0.306 e. The maximum absolute atomic E-state index is 12.3. The van der Waals surface area contributed by atoms with E-state index in [1.165, 1.54) is 315 Å². The van der Waals surface area contributed by atoms with Crippen LogP contribution in [0.15, 0.2) is 24.3 Å². The Kier molecular flexibility index (Phi) is 63.2. The van der Waals surface area contributed by atoms with E-state index in [2.05, 4.69) is 38.2 Å². The topological polar surface area (TPSA) is 72.8 Å². The van der Waals surface area contributed by atoms with E-state index < -0.39 is 6.10 Å². The van der Waals surface area contributed by atoms with Crippen molar-refractivity contribution in [2.75, 3.05) is 13.2 Å². The van der Waals surface area contributed by atoms with Gasteiger partial charge in [-0.05, 0) is 44.9 Å². The van der Waals surface area contributed by atoms with Crippen molar-refractivity contribution in [3.8, 4) is 0 Å². The lowest BCUT2D eigenvalue weighted by Crippen LogP contribution is -2.28. The number of hydrogen-bond donors (Lipinski definition) is 1. The molecule has 1 unspecified atom stereocenters. The number of carbonyl (C=O) groups excluding carboxylic acids is 2. The summed E-state index contributed by atoms with van der Waals surface area (Å²) in [7, 11) is 0. The first-order chi connectivity index (χ1) is 36.1. The number of allylic oxidation sites excluding steroid dienone is 4. The molecule has 1 N–H and O–H groups in total. The van der Waals surface area contributed by atoms with Gasteiger partial charge in [0.15, 0.2) is 6.10 Å². The monoisotopic (exact) mass is 1030 g/mol. The van der Waals surface area contributed by atoms with Crippen molar-refractivity contribution >= 4 is 11.9 Å². The molecule has 5 heteroatoms. The molecule has 1 atom stereocenters. The molecule has 432 valence electrons. The number of aliphatic hydroxyl groups is 1. The average molecular weight is 1030 g/mol. The summed E-state index contributed by atoms with van der Waals surface area (Å²) in [6.07, 6.45) is 83.5. The van der Waals surface area contributed by atoms with E-state index in [-0.39, 0.29) is 25.2 Å². The van der Waals surface area contributed by atoms with Crippen LogP contribution in [0.2, 0.25) is 0 Å². The van der Waals surface area contributed by atoms with Gasteiger partial charge in [-0.25, -0.2) is 0 Å². The lowest BCUT2D eigenvalue weighted by molar-refractivity contribution is -0.161.